The van der Waals surface area contributed by atoms with Crippen LogP contribution >= 0.6 is 0 Å². The molecule has 1 heterocycles. The standard InChI is InChI=1S/C8H13NO3/c1-2-12-8(11)6-4-3-5-7(10)9-6/h6H,2-5H2,1H3,(H,9,10)/t6-/m1/s1. The molecule has 1 aliphatic rings. The van der Waals surface area contributed by atoms with Crippen molar-refractivity contribution in [3.05, 3.63) is 0 Å². The Morgan fingerprint density at radius 2 is 2.50 bits per heavy atom. The van der Waals surface area contributed by atoms with Crippen LogP contribution in [-0.2, 0) is 14.3 Å². The van der Waals surface area contributed by atoms with Gasteiger partial charge in [-0.15, -0.1) is 0 Å². The molecule has 0 saturated carbocycles. The van der Waals surface area contributed by atoms with Crippen molar-refractivity contribution >= 4 is 11.9 Å². The molecule has 0 aromatic carbocycles. The molecule has 0 aliphatic carbocycles. The predicted molar refractivity (Wildman–Crippen MR) is 42.4 cm³/mol. The number of carbonyl (C=O) groups is 2. The van der Waals surface area contributed by atoms with Gasteiger partial charge in [-0.2, -0.15) is 0 Å². The van der Waals surface area contributed by atoms with Gasteiger partial charge >= 0.3 is 5.97 Å². The summed E-state index contributed by atoms with van der Waals surface area (Å²) in [5.74, 6) is -0.371. The highest BCUT2D eigenvalue weighted by Crippen LogP contribution is 2.09. The van der Waals surface area contributed by atoms with E-state index in [0.717, 1.165) is 6.42 Å². The maximum Gasteiger partial charge on any atom is 0.328 e. The Morgan fingerprint density at radius 1 is 1.75 bits per heavy atom. The van der Waals surface area contributed by atoms with Crippen LogP contribution in [0.2, 0.25) is 0 Å². The first-order chi connectivity index (χ1) is 5.74. The maximum absolute atomic E-state index is 11.1. The molecule has 0 bridgehead atoms. The third-order valence-electron chi connectivity index (χ3n) is 1.80. The minimum Gasteiger partial charge on any atom is -0.464 e. The molecule has 12 heavy (non-hydrogen) atoms. The van der Waals surface area contributed by atoms with Crippen molar-refractivity contribution in [3.8, 4) is 0 Å². The van der Waals surface area contributed by atoms with Crippen LogP contribution in [0.5, 0.6) is 0 Å². The number of piperidine rings is 1. The molecule has 0 aromatic rings. The van der Waals surface area contributed by atoms with Crippen LogP contribution in [0.25, 0.3) is 0 Å². The minimum absolute atomic E-state index is 0.0562. The number of esters is 1. The van der Waals surface area contributed by atoms with Gasteiger partial charge in [-0.3, -0.25) is 4.79 Å². The van der Waals surface area contributed by atoms with E-state index < -0.39 is 6.04 Å². The molecule has 1 atom stereocenters. The first kappa shape index (κ1) is 9.03. The van der Waals surface area contributed by atoms with Gasteiger partial charge in [-0.05, 0) is 19.8 Å². The quantitative estimate of drug-likeness (QED) is 0.604. The molecule has 68 valence electrons. The highest BCUT2D eigenvalue weighted by Gasteiger charge is 2.25. The number of ether oxygens (including phenoxy) is 1. The Kier molecular flexibility index (Phi) is 3.08. The van der Waals surface area contributed by atoms with Gasteiger partial charge in [0.2, 0.25) is 5.91 Å². The summed E-state index contributed by atoms with van der Waals surface area (Å²) >= 11 is 0. The lowest BCUT2D eigenvalue weighted by atomic mass is 10.0. The van der Waals surface area contributed by atoms with Crippen LogP contribution in [0.15, 0.2) is 0 Å². The summed E-state index contributed by atoms with van der Waals surface area (Å²) in [6.07, 6.45) is 2.00. The summed E-state index contributed by atoms with van der Waals surface area (Å²) in [6.45, 7) is 2.12. The second kappa shape index (κ2) is 4.09. The average molecular weight is 171 g/mol. The lowest BCUT2D eigenvalue weighted by Gasteiger charge is -2.20. The van der Waals surface area contributed by atoms with E-state index in [4.69, 9.17) is 4.74 Å². The number of nitrogens with one attached hydrogen (secondary N) is 1. The fourth-order valence-corrected chi connectivity index (χ4v) is 1.23. The molecule has 0 aromatic heterocycles. The summed E-state index contributed by atoms with van der Waals surface area (Å²) in [4.78, 5) is 22.0. The second-order valence-corrected chi connectivity index (χ2v) is 2.76. The molecule has 1 aliphatic heterocycles. The van der Waals surface area contributed by atoms with Gasteiger partial charge in [0.1, 0.15) is 6.04 Å². The highest BCUT2D eigenvalue weighted by molar-refractivity contribution is 5.85. The molecule has 1 saturated heterocycles. The summed E-state index contributed by atoms with van der Waals surface area (Å²) in [6, 6.07) is -0.411. The van der Waals surface area contributed by atoms with Gasteiger partial charge < -0.3 is 10.1 Å². The Morgan fingerprint density at radius 3 is 3.08 bits per heavy atom. The van der Waals surface area contributed by atoms with Crippen molar-refractivity contribution in [2.45, 2.75) is 32.2 Å². The Balaban J connectivity index is 2.40. The monoisotopic (exact) mass is 171 g/mol. The third-order valence-corrected chi connectivity index (χ3v) is 1.80. The van der Waals surface area contributed by atoms with Gasteiger partial charge in [0, 0.05) is 6.42 Å². The van der Waals surface area contributed by atoms with E-state index in [1.165, 1.54) is 0 Å². The fourth-order valence-electron chi connectivity index (χ4n) is 1.23. The molecular formula is C8H13NO3. The number of amides is 1. The van der Waals surface area contributed by atoms with Crippen molar-refractivity contribution in [3.63, 3.8) is 0 Å². The van der Waals surface area contributed by atoms with Crippen molar-refractivity contribution in [2.24, 2.45) is 0 Å². The van der Waals surface area contributed by atoms with Crippen LogP contribution in [-0.4, -0.2) is 24.5 Å². The number of rotatable bonds is 2. The SMILES string of the molecule is CCOC(=O)[C@H]1CCCC(=O)N1. The predicted octanol–water partition coefficient (Wildman–Crippen LogP) is 0.218. The smallest absolute Gasteiger partial charge is 0.328 e. The largest absolute Gasteiger partial charge is 0.464 e. The van der Waals surface area contributed by atoms with E-state index in [1.807, 2.05) is 0 Å². The molecule has 1 fully saturated rings. The van der Waals surface area contributed by atoms with Crippen LogP contribution in [0.4, 0.5) is 0 Å². The Hall–Kier alpha value is -1.06. The average Bonchev–Trinajstić information content (AvgIpc) is 2.05. The van der Waals surface area contributed by atoms with E-state index in [-0.39, 0.29) is 11.9 Å². The van der Waals surface area contributed by atoms with E-state index in [9.17, 15) is 9.59 Å². The number of carbonyl (C=O) groups excluding carboxylic acids is 2. The Labute approximate surface area is 71.3 Å². The fraction of sp³-hybridized carbons (Fsp3) is 0.750. The van der Waals surface area contributed by atoms with Gasteiger partial charge in [0.05, 0.1) is 6.61 Å². The van der Waals surface area contributed by atoms with Crippen molar-refractivity contribution in [1.82, 2.24) is 5.32 Å². The van der Waals surface area contributed by atoms with Gasteiger partial charge in [0.25, 0.3) is 0 Å². The molecule has 4 nitrogen and oxygen atoms in total. The molecule has 4 heteroatoms. The topological polar surface area (TPSA) is 55.4 Å². The number of hydrogen-bond donors (Lipinski definition) is 1. The third kappa shape index (κ3) is 2.22. The molecule has 1 rings (SSSR count). The first-order valence-electron chi connectivity index (χ1n) is 4.20. The molecule has 0 spiro atoms. The van der Waals surface area contributed by atoms with E-state index >= 15 is 0 Å². The number of hydrogen-bond acceptors (Lipinski definition) is 3. The molecule has 1 N–H and O–H groups in total. The molecule has 0 unspecified atom stereocenters. The summed E-state index contributed by atoms with van der Waals surface area (Å²) < 4.78 is 4.78. The normalized spacial score (nSPS) is 23.1. The van der Waals surface area contributed by atoms with Gasteiger partial charge in [-0.1, -0.05) is 0 Å². The van der Waals surface area contributed by atoms with E-state index in [2.05, 4.69) is 5.32 Å². The minimum atomic E-state index is -0.411. The zero-order valence-electron chi connectivity index (χ0n) is 7.13. The van der Waals surface area contributed by atoms with Crippen LogP contribution < -0.4 is 5.32 Å². The van der Waals surface area contributed by atoms with Crippen LogP contribution in [0, 0.1) is 0 Å². The zero-order valence-corrected chi connectivity index (χ0v) is 7.13. The second-order valence-electron chi connectivity index (χ2n) is 2.76. The zero-order chi connectivity index (χ0) is 8.97. The first-order valence-corrected chi connectivity index (χ1v) is 4.20. The van der Waals surface area contributed by atoms with Crippen LogP contribution in [0.1, 0.15) is 26.2 Å². The summed E-state index contributed by atoms with van der Waals surface area (Å²) in [5.41, 5.74) is 0. The summed E-state index contributed by atoms with van der Waals surface area (Å²) in [7, 11) is 0. The lowest BCUT2D eigenvalue weighted by Crippen LogP contribution is -2.44. The van der Waals surface area contributed by atoms with Crippen molar-refractivity contribution < 1.29 is 14.3 Å². The van der Waals surface area contributed by atoms with Gasteiger partial charge in [-0.25, -0.2) is 4.79 Å². The van der Waals surface area contributed by atoms with Crippen molar-refractivity contribution in [1.29, 1.82) is 0 Å². The van der Waals surface area contributed by atoms with E-state index in [1.54, 1.807) is 6.92 Å². The molecular weight excluding hydrogens is 158 g/mol. The lowest BCUT2D eigenvalue weighted by molar-refractivity contribution is -0.148. The Bertz CT molecular complexity index is 191. The van der Waals surface area contributed by atoms with Gasteiger partial charge in [0.15, 0.2) is 0 Å². The molecule has 1 amide bonds. The van der Waals surface area contributed by atoms with Crippen LogP contribution in [0.3, 0.4) is 0 Å². The summed E-state index contributed by atoms with van der Waals surface area (Å²) in [5, 5.41) is 2.59. The molecule has 0 radical (unpaired) electrons. The van der Waals surface area contributed by atoms with E-state index in [0.29, 0.717) is 19.4 Å². The maximum atomic E-state index is 11.1. The van der Waals surface area contributed by atoms with Crippen molar-refractivity contribution in [2.75, 3.05) is 6.61 Å². The highest BCUT2D eigenvalue weighted by atomic mass is 16.5.